The largest absolute Gasteiger partial charge is 0.361 e. The van der Waals surface area contributed by atoms with E-state index in [9.17, 15) is 10.1 Å². The first kappa shape index (κ1) is 21.0. The van der Waals surface area contributed by atoms with E-state index >= 15 is 0 Å². The van der Waals surface area contributed by atoms with Crippen molar-refractivity contribution in [3.63, 3.8) is 0 Å². The molecule has 0 aliphatic rings. The first-order valence-electron chi connectivity index (χ1n) is 9.33. The van der Waals surface area contributed by atoms with E-state index in [2.05, 4.69) is 32.5 Å². The summed E-state index contributed by atoms with van der Waals surface area (Å²) in [7, 11) is 0. The molecule has 0 spiro atoms. The molecule has 0 amide bonds. The zero-order valence-electron chi connectivity index (χ0n) is 16.6. The van der Waals surface area contributed by atoms with Crippen LogP contribution in [0.5, 0.6) is 0 Å². The van der Waals surface area contributed by atoms with Gasteiger partial charge in [0, 0.05) is 50.2 Å². The molecule has 4 aromatic rings. The van der Waals surface area contributed by atoms with Gasteiger partial charge in [0.1, 0.15) is 0 Å². The maximum Gasteiger partial charge on any atom is 0.270 e. The number of hydrogen-bond donors (Lipinski definition) is 1. The minimum atomic E-state index is -0.403. The van der Waals surface area contributed by atoms with Crippen LogP contribution in [0.1, 0.15) is 12.5 Å². The van der Waals surface area contributed by atoms with Gasteiger partial charge in [-0.15, -0.1) is 11.3 Å². The number of fused-ring (bicyclic) bond motifs is 1. The topological polar surface area (TPSA) is 88.6 Å². The Morgan fingerprint density at radius 3 is 2.97 bits per heavy atom. The Labute approximate surface area is 190 Å². The smallest absolute Gasteiger partial charge is 0.270 e. The quantitative estimate of drug-likeness (QED) is 0.160. The molecule has 0 aliphatic heterocycles. The molecule has 0 bridgehead atoms. The van der Waals surface area contributed by atoms with Gasteiger partial charge in [0.2, 0.25) is 4.80 Å². The van der Waals surface area contributed by atoms with Crippen molar-refractivity contribution in [2.45, 2.75) is 6.92 Å². The summed E-state index contributed by atoms with van der Waals surface area (Å²) in [5, 5.41) is 18.8. The van der Waals surface area contributed by atoms with Crippen LogP contribution < -0.4 is 4.80 Å². The van der Waals surface area contributed by atoms with Crippen molar-refractivity contribution in [3.8, 4) is 11.3 Å². The van der Waals surface area contributed by atoms with Crippen LogP contribution in [0, 0.1) is 10.1 Å². The van der Waals surface area contributed by atoms with E-state index in [-0.39, 0.29) is 5.69 Å². The second kappa shape index (κ2) is 8.83. The van der Waals surface area contributed by atoms with Crippen molar-refractivity contribution >= 4 is 50.1 Å². The van der Waals surface area contributed by atoms with E-state index in [4.69, 9.17) is 5.10 Å². The number of nitrogens with one attached hydrogen (secondary N) is 1. The van der Waals surface area contributed by atoms with E-state index in [0.29, 0.717) is 16.9 Å². The fraction of sp³-hybridized carbons (Fsp3) is 0.0909. The number of aromatic nitrogens is 2. The average Bonchev–Trinajstić information content (AvgIpc) is 3.34. The van der Waals surface area contributed by atoms with E-state index < -0.39 is 4.92 Å². The number of nitro benzene ring substituents is 1. The van der Waals surface area contributed by atoms with Crippen molar-refractivity contribution in [1.82, 2.24) is 9.66 Å². The zero-order valence-corrected chi connectivity index (χ0v) is 19.0. The summed E-state index contributed by atoms with van der Waals surface area (Å²) in [5.41, 5.74) is 4.31. The molecule has 9 heteroatoms. The van der Waals surface area contributed by atoms with Gasteiger partial charge in [-0.2, -0.15) is 5.10 Å². The molecule has 0 aliphatic carbocycles. The predicted molar refractivity (Wildman–Crippen MR) is 129 cm³/mol. The summed E-state index contributed by atoms with van der Waals surface area (Å²) >= 11 is 4.93. The summed E-state index contributed by atoms with van der Waals surface area (Å²) in [4.78, 5) is 19.3. The van der Waals surface area contributed by atoms with Crippen LogP contribution in [0.2, 0.25) is 0 Å². The average molecular weight is 496 g/mol. The molecule has 7 nitrogen and oxygen atoms in total. The van der Waals surface area contributed by atoms with Gasteiger partial charge in [-0.25, -0.2) is 4.68 Å². The molecule has 2 aromatic carbocycles. The Kier molecular flexibility index (Phi) is 5.97. The van der Waals surface area contributed by atoms with Crippen LogP contribution in [-0.2, 0) is 0 Å². The monoisotopic (exact) mass is 495 g/mol. The van der Waals surface area contributed by atoms with Gasteiger partial charge in [0.25, 0.3) is 5.69 Å². The number of non-ortho nitro benzene ring substituents is 1. The molecule has 2 aromatic heterocycles. The lowest BCUT2D eigenvalue weighted by Gasteiger charge is -2.04. The fourth-order valence-corrected chi connectivity index (χ4v) is 4.24. The number of H-pyrrole nitrogens is 1. The van der Waals surface area contributed by atoms with Crippen molar-refractivity contribution in [3.05, 3.63) is 91.1 Å². The van der Waals surface area contributed by atoms with Gasteiger partial charge < -0.3 is 4.98 Å². The summed E-state index contributed by atoms with van der Waals surface area (Å²) in [6, 6.07) is 12.5. The maximum absolute atomic E-state index is 11.2. The highest BCUT2D eigenvalue weighted by atomic mass is 79.9. The molecule has 0 unspecified atom stereocenters. The van der Waals surface area contributed by atoms with Crippen LogP contribution in [0.4, 0.5) is 5.69 Å². The van der Waals surface area contributed by atoms with Crippen molar-refractivity contribution in [1.29, 1.82) is 0 Å². The highest BCUT2D eigenvalue weighted by Gasteiger charge is 2.12. The van der Waals surface area contributed by atoms with Crippen molar-refractivity contribution < 1.29 is 4.92 Å². The summed E-state index contributed by atoms with van der Waals surface area (Å²) in [5.74, 6) is 0. The van der Waals surface area contributed by atoms with Crippen molar-refractivity contribution in [2.75, 3.05) is 6.54 Å². The minimum absolute atomic E-state index is 0.0288. The Balaban J connectivity index is 1.83. The second-order valence-corrected chi connectivity index (χ2v) is 8.73. The first-order valence-corrected chi connectivity index (χ1v) is 11.0. The highest BCUT2D eigenvalue weighted by Crippen LogP contribution is 2.25. The molecule has 31 heavy (non-hydrogen) atoms. The van der Waals surface area contributed by atoms with Crippen LogP contribution in [0.25, 0.3) is 22.2 Å². The molecule has 1 N–H and O–H groups in total. The lowest BCUT2D eigenvalue weighted by atomic mass is 10.1. The van der Waals surface area contributed by atoms with Gasteiger partial charge in [-0.1, -0.05) is 40.2 Å². The van der Waals surface area contributed by atoms with Gasteiger partial charge in [-0.05, 0) is 25.1 Å². The molecule has 0 saturated heterocycles. The Morgan fingerprint density at radius 2 is 2.19 bits per heavy atom. The van der Waals surface area contributed by atoms with Gasteiger partial charge in [-0.3, -0.25) is 15.1 Å². The Bertz CT molecular complexity index is 1400. The Morgan fingerprint density at radius 1 is 1.35 bits per heavy atom. The molecule has 0 fully saturated rings. The van der Waals surface area contributed by atoms with Crippen LogP contribution in [-0.4, -0.2) is 27.3 Å². The summed E-state index contributed by atoms with van der Waals surface area (Å²) in [6.07, 6.45) is 3.66. The van der Waals surface area contributed by atoms with Gasteiger partial charge >= 0.3 is 0 Å². The van der Waals surface area contributed by atoms with Crippen LogP contribution >= 0.6 is 27.3 Å². The van der Waals surface area contributed by atoms with E-state index in [1.54, 1.807) is 23.0 Å². The minimum Gasteiger partial charge on any atom is -0.361 e. The number of nitro groups is 1. The SMILES string of the molecule is C=C(C)CN=c1scc(-c2cccc([N+](=O)[O-])c2)n1N=Cc1c[nH]c2ccc(Br)cc12. The number of rotatable bonds is 6. The molecular weight excluding hydrogens is 478 g/mol. The summed E-state index contributed by atoms with van der Waals surface area (Å²) < 4.78 is 2.69. The van der Waals surface area contributed by atoms with Crippen LogP contribution in [0.15, 0.2) is 80.8 Å². The van der Waals surface area contributed by atoms with Crippen LogP contribution in [0.3, 0.4) is 0 Å². The number of halogens is 1. The molecule has 4 rings (SSSR count). The normalized spacial score (nSPS) is 12.1. The Hall–Kier alpha value is -3.30. The number of hydrogen-bond acceptors (Lipinski definition) is 5. The van der Waals surface area contributed by atoms with E-state index in [1.165, 1.54) is 17.4 Å². The number of thiazole rings is 1. The number of aromatic amines is 1. The molecule has 2 heterocycles. The third kappa shape index (κ3) is 4.57. The predicted octanol–water partition coefficient (Wildman–Crippen LogP) is 5.73. The van der Waals surface area contributed by atoms with E-state index in [0.717, 1.165) is 32.2 Å². The number of nitrogens with zero attached hydrogens (tertiary/aromatic N) is 4. The van der Waals surface area contributed by atoms with Gasteiger partial charge in [0.05, 0.1) is 23.4 Å². The van der Waals surface area contributed by atoms with Crippen molar-refractivity contribution in [2.24, 2.45) is 10.1 Å². The maximum atomic E-state index is 11.2. The molecule has 0 atom stereocenters. The third-order valence-corrected chi connectivity index (χ3v) is 5.86. The summed E-state index contributed by atoms with van der Waals surface area (Å²) in [6.45, 7) is 6.29. The van der Waals surface area contributed by atoms with Gasteiger partial charge in [0.15, 0.2) is 0 Å². The first-order chi connectivity index (χ1) is 14.9. The van der Waals surface area contributed by atoms with E-state index in [1.807, 2.05) is 42.8 Å². The molecule has 0 radical (unpaired) electrons. The highest BCUT2D eigenvalue weighted by molar-refractivity contribution is 9.10. The molecule has 0 saturated carbocycles. The number of benzene rings is 2. The fourth-order valence-electron chi connectivity index (χ4n) is 3.04. The molecular formula is C22H18BrN5O2S. The third-order valence-electron chi connectivity index (χ3n) is 4.51. The zero-order chi connectivity index (χ0) is 22.0. The molecule has 156 valence electrons. The standard InChI is InChI=1S/C22H18BrN5O2S/c1-14(2)10-25-22-27(21(13-31-22)15-4-3-5-18(8-15)28(29)30)26-12-16-11-24-20-7-6-17(23)9-19(16)20/h3-9,11-13,24H,1,10H2,2H3. The lowest BCUT2D eigenvalue weighted by Crippen LogP contribution is -2.13. The lowest BCUT2D eigenvalue weighted by molar-refractivity contribution is -0.384. The second-order valence-electron chi connectivity index (χ2n) is 6.97.